The fourth-order valence-electron chi connectivity index (χ4n) is 5.20. The first-order valence-corrected chi connectivity index (χ1v) is 14.4. The first-order valence-electron chi connectivity index (χ1n) is 12.6. The van der Waals surface area contributed by atoms with E-state index in [1.165, 1.54) is 24.3 Å². The second-order valence-corrected chi connectivity index (χ2v) is 12.2. The van der Waals surface area contributed by atoms with Crippen molar-refractivity contribution in [2.75, 3.05) is 24.1 Å². The smallest absolute Gasteiger partial charge is 0.416 e. The second-order valence-electron chi connectivity index (χ2n) is 9.99. The van der Waals surface area contributed by atoms with Gasteiger partial charge >= 0.3 is 12.1 Å². The third-order valence-electron chi connectivity index (χ3n) is 7.42. The number of carboxylic acids is 1. The fourth-order valence-corrected chi connectivity index (χ4v) is 6.98. The lowest BCUT2D eigenvalue weighted by Crippen LogP contribution is -2.48. The van der Waals surface area contributed by atoms with E-state index in [2.05, 4.69) is 0 Å². The average molecular weight is 614 g/mol. The largest absolute Gasteiger partial charge is 0.486 e. The van der Waals surface area contributed by atoms with Crippen LogP contribution in [0.2, 0.25) is 5.02 Å². The van der Waals surface area contributed by atoms with Crippen molar-refractivity contribution in [3.05, 3.63) is 77.1 Å². The lowest BCUT2D eigenvalue weighted by atomic mass is 9.75. The van der Waals surface area contributed by atoms with E-state index < -0.39 is 50.0 Å². The van der Waals surface area contributed by atoms with Gasteiger partial charge in [0, 0.05) is 25.2 Å². The highest BCUT2D eigenvalue weighted by Gasteiger charge is 2.45. The number of benzene rings is 3. The van der Waals surface area contributed by atoms with Gasteiger partial charge in [-0.1, -0.05) is 35.9 Å². The highest BCUT2D eigenvalue weighted by Crippen LogP contribution is 2.45. The summed E-state index contributed by atoms with van der Waals surface area (Å²) < 4.78 is 94.7. The van der Waals surface area contributed by atoms with Crippen LogP contribution in [0.5, 0.6) is 5.75 Å². The van der Waals surface area contributed by atoms with Crippen molar-refractivity contribution >= 4 is 33.3 Å². The number of carboxylic acid groups (broad SMARTS) is 1. The van der Waals surface area contributed by atoms with E-state index >= 15 is 0 Å². The van der Waals surface area contributed by atoms with E-state index in [1.54, 1.807) is 6.07 Å². The molecule has 1 atom stereocenters. The van der Waals surface area contributed by atoms with Gasteiger partial charge in [0.25, 0.3) is 10.0 Å². The molecule has 41 heavy (non-hydrogen) atoms. The number of halogens is 5. The number of alkyl halides is 3. The van der Waals surface area contributed by atoms with Crippen molar-refractivity contribution in [2.45, 2.75) is 36.4 Å². The van der Waals surface area contributed by atoms with Gasteiger partial charge in [-0.25, -0.2) is 12.8 Å². The van der Waals surface area contributed by atoms with Crippen LogP contribution < -0.4 is 9.04 Å². The number of ether oxygens (including phenoxy) is 2. The van der Waals surface area contributed by atoms with Gasteiger partial charge in [0.1, 0.15) is 17.7 Å². The Morgan fingerprint density at radius 1 is 1.07 bits per heavy atom. The Hall–Kier alpha value is -3.35. The summed E-state index contributed by atoms with van der Waals surface area (Å²) in [7, 11) is -4.62. The molecule has 0 aliphatic carbocycles. The number of hydrogen-bond donors (Lipinski definition) is 1. The summed E-state index contributed by atoms with van der Waals surface area (Å²) in [6, 6.07) is 11.9. The molecule has 3 aromatic carbocycles. The SMILES string of the molecule is O=C(O)C1(CC2CN(S(=O)(=O)c3cccc(C(F)(F)F)c3)c3cc(-c4cccc(F)c4Cl)ccc3O2)CCOCC1. The molecule has 1 unspecified atom stereocenters. The Morgan fingerprint density at radius 2 is 1.78 bits per heavy atom. The first kappa shape index (κ1) is 29.2. The average Bonchev–Trinajstić information content (AvgIpc) is 2.94. The topological polar surface area (TPSA) is 93.1 Å². The molecule has 2 heterocycles. The van der Waals surface area contributed by atoms with Crippen molar-refractivity contribution in [1.29, 1.82) is 0 Å². The Morgan fingerprint density at radius 3 is 2.46 bits per heavy atom. The number of aliphatic carboxylic acids is 1. The van der Waals surface area contributed by atoms with Crippen molar-refractivity contribution < 1.29 is 45.4 Å². The minimum atomic E-state index is -4.78. The van der Waals surface area contributed by atoms with Gasteiger partial charge < -0.3 is 14.6 Å². The number of rotatable bonds is 6. The van der Waals surface area contributed by atoms with Crippen molar-refractivity contribution in [3.63, 3.8) is 0 Å². The Kier molecular flexibility index (Phi) is 7.68. The van der Waals surface area contributed by atoms with Gasteiger partial charge in [-0.3, -0.25) is 9.10 Å². The number of carbonyl (C=O) groups is 1. The van der Waals surface area contributed by atoms with Crippen LogP contribution in [0.1, 0.15) is 24.8 Å². The molecule has 0 amide bonds. The quantitative estimate of drug-likeness (QED) is 0.324. The van der Waals surface area contributed by atoms with Crippen LogP contribution in [-0.4, -0.2) is 45.4 Å². The molecule has 0 aromatic heterocycles. The summed E-state index contributed by atoms with van der Waals surface area (Å²) in [5.74, 6) is -1.69. The first-order chi connectivity index (χ1) is 19.3. The van der Waals surface area contributed by atoms with Gasteiger partial charge in [-0.05, 0) is 54.8 Å². The minimum Gasteiger partial charge on any atom is -0.486 e. The zero-order valence-electron chi connectivity index (χ0n) is 21.3. The Balaban J connectivity index is 1.61. The van der Waals surface area contributed by atoms with E-state index in [-0.39, 0.29) is 61.0 Å². The van der Waals surface area contributed by atoms with Crippen molar-refractivity contribution in [2.24, 2.45) is 5.41 Å². The summed E-state index contributed by atoms with van der Waals surface area (Å²) in [6.45, 7) is 0.0427. The zero-order chi connectivity index (χ0) is 29.6. The zero-order valence-corrected chi connectivity index (χ0v) is 22.9. The molecule has 7 nitrogen and oxygen atoms in total. The second kappa shape index (κ2) is 10.8. The van der Waals surface area contributed by atoms with E-state index in [0.717, 1.165) is 28.6 Å². The fraction of sp³-hybridized carbons (Fsp3) is 0.321. The van der Waals surface area contributed by atoms with Gasteiger partial charge in [-0.15, -0.1) is 0 Å². The highest BCUT2D eigenvalue weighted by atomic mass is 35.5. The molecule has 0 saturated carbocycles. The summed E-state index contributed by atoms with van der Waals surface area (Å²) in [5.41, 5.74) is -1.78. The molecule has 5 rings (SSSR count). The predicted molar refractivity (Wildman–Crippen MR) is 142 cm³/mol. The molecule has 1 saturated heterocycles. The molecular weight excluding hydrogens is 590 g/mol. The molecule has 0 bridgehead atoms. The lowest BCUT2D eigenvalue weighted by molar-refractivity contribution is -0.157. The minimum absolute atomic E-state index is 0.00663. The van der Waals surface area contributed by atoms with E-state index in [9.17, 15) is 35.9 Å². The molecule has 0 radical (unpaired) electrons. The number of sulfonamides is 1. The number of nitrogens with zero attached hydrogens (tertiary/aromatic N) is 1. The standard InChI is InChI=1S/C28H24ClF4NO6S/c29-25-21(5-2-6-22(25)30)17-7-8-24-23(13-17)34(41(37,38)20-4-1-3-18(14-20)28(31,32)33)16-19(40-24)15-27(26(35)36)9-11-39-12-10-27/h1-8,13-14,19H,9-12,15-16H2,(H,35,36). The van der Waals surface area contributed by atoms with Gasteiger partial charge in [-0.2, -0.15) is 13.2 Å². The molecule has 2 aliphatic heterocycles. The molecule has 13 heteroatoms. The molecular formula is C28H24ClF4NO6S. The maximum atomic E-state index is 14.2. The van der Waals surface area contributed by atoms with Gasteiger partial charge in [0.2, 0.25) is 0 Å². The molecule has 1 fully saturated rings. The third kappa shape index (κ3) is 5.60. The predicted octanol–water partition coefficient (Wildman–Crippen LogP) is 6.39. The molecule has 3 aromatic rings. The molecule has 1 N–H and O–H groups in total. The number of anilines is 1. The van der Waals surface area contributed by atoms with Gasteiger partial charge in [0.15, 0.2) is 0 Å². The Bertz CT molecular complexity index is 1590. The normalized spacial score (nSPS) is 18.9. The summed E-state index contributed by atoms with van der Waals surface area (Å²) in [4.78, 5) is 11.7. The maximum absolute atomic E-state index is 14.2. The van der Waals surface area contributed by atoms with Crippen LogP contribution in [0.3, 0.4) is 0 Å². The maximum Gasteiger partial charge on any atom is 0.416 e. The lowest BCUT2D eigenvalue weighted by Gasteiger charge is -2.40. The molecule has 0 spiro atoms. The van der Waals surface area contributed by atoms with Crippen LogP contribution in [0.15, 0.2) is 65.6 Å². The summed E-state index contributed by atoms with van der Waals surface area (Å²) in [5, 5.41) is 9.85. The monoisotopic (exact) mass is 613 g/mol. The van der Waals surface area contributed by atoms with E-state index in [4.69, 9.17) is 21.1 Å². The number of hydrogen-bond acceptors (Lipinski definition) is 5. The van der Waals surface area contributed by atoms with Crippen LogP contribution in [0, 0.1) is 11.2 Å². The van der Waals surface area contributed by atoms with Crippen LogP contribution in [-0.2, 0) is 25.7 Å². The third-order valence-corrected chi connectivity index (χ3v) is 9.58. The molecule has 218 valence electrons. The van der Waals surface area contributed by atoms with E-state index in [1.807, 2.05) is 0 Å². The van der Waals surface area contributed by atoms with Crippen LogP contribution in [0.4, 0.5) is 23.2 Å². The van der Waals surface area contributed by atoms with Crippen molar-refractivity contribution in [1.82, 2.24) is 0 Å². The van der Waals surface area contributed by atoms with E-state index in [0.29, 0.717) is 11.6 Å². The summed E-state index contributed by atoms with van der Waals surface area (Å²) in [6.07, 6.45) is -5.41. The van der Waals surface area contributed by atoms with Crippen LogP contribution >= 0.6 is 11.6 Å². The van der Waals surface area contributed by atoms with Crippen LogP contribution in [0.25, 0.3) is 11.1 Å². The highest BCUT2D eigenvalue weighted by molar-refractivity contribution is 7.92. The summed E-state index contributed by atoms with van der Waals surface area (Å²) >= 11 is 6.16. The Labute approximate surface area is 238 Å². The van der Waals surface area contributed by atoms with Gasteiger partial charge in [0.05, 0.1) is 33.1 Å². The number of fused-ring (bicyclic) bond motifs is 1. The molecule has 2 aliphatic rings. The van der Waals surface area contributed by atoms with Crippen molar-refractivity contribution in [3.8, 4) is 16.9 Å².